The second kappa shape index (κ2) is 3.82. The molecule has 1 aromatic heterocycles. The van der Waals surface area contributed by atoms with Gasteiger partial charge in [0.15, 0.2) is 0 Å². The van der Waals surface area contributed by atoms with Crippen molar-refractivity contribution in [1.29, 1.82) is 0 Å². The number of hydrogen-bond acceptors (Lipinski definition) is 3. The van der Waals surface area contributed by atoms with E-state index in [-0.39, 0.29) is 0 Å². The van der Waals surface area contributed by atoms with Crippen LogP contribution in [0.1, 0.15) is 17.4 Å². The first kappa shape index (κ1) is 9.24. The number of aliphatic hydroxyl groups excluding tert-OH is 1. The summed E-state index contributed by atoms with van der Waals surface area (Å²) in [5, 5.41) is 11.9. The van der Waals surface area contributed by atoms with E-state index in [9.17, 15) is 5.11 Å². The Morgan fingerprint density at radius 2 is 2.46 bits per heavy atom. The quantitative estimate of drug-likeness (QED) is 0.887. The summed E-state index contributed by atoms with van der Waals surface area (Å²) in [5.41, 5.74) is 0.961. The van der Waals surface area contributed by atoms with E-state index in [1.807, 2.05) is 11.4 Å². The summed E-state index contributed by atoms with van der Waals surface area (Å²) < 4.78 is 6.05. The minimum atomic E-state index is -0.503. The fourth-order valence-corrected chi connectivity index (χ4v) is 2.89. The molecule has 2 nitrogen and oxygen atoms in total. The average molecular weight is 261 g/mol. The largest absolute Gasteiger partial charge is 0.501 e. The minimum absolute atomic E-state index is 0.503. The van der Waals surface area contributed by atoms with Gasteiger partial charge in [-0.25, -0.2) is 0 Å². The molecule has 1 aliphatic rings. The Kier molecular flexibility index (Phi) is 2.71. The van der Waals surface area contributed by atoms with Gasteiger partial charge in [-0.2, -0.15) is 0 Å². The number of aliphatic hydroxyl groups is 1. The van der Waals surface area contributed by atoms with E-state index >= 15 is 0 Å². The van der Waals surface area contributed by atoms with Crippen LogP contribution in [0.5, 0.6) is 0 Å². The molecule has 0 spiro atoms. The number of rotatable bonds is 2. The Morgan fingerprint density at radius 1 is 1.62 bits per heavy atom. The lowest BCUT2D eigenvalue weighted by Crippen LogP contribution is -1.98. The molecule has 1 aliphatic heterocycles. The Morgan fingerprint density at radius 3 is 3.00 bits per heavy atom. The van der Waals surface area contributed by atoms with Gasteiger partial charge in [-0.15, -0.1) is 11.3 Å². The molecule has 1 N–H and O–H groups in total. The summed E-state index contributed by atoms with van der Waals surface area (Å²) in [6.45, 7) is 0.690. The lowest BCUT2D eigenvalue weighted by atomic mass is 10.1. The second-order valence-electron chi connectivity index (χ2n) is 2.85. The Hall–Kier alpha value is -0.320. The van der Waals surface area contributed by atoms with E-state index in [1.165, 1.54) is 0 Å². The highest BCUT2D eigenvalue weighted by Crippen LogP contribution is 2.35. The second-order valence-corrected chi connectivity index (χ2v) is 4.65. The van der Waals surface area contributed by atoms with Gasteiger partial charge in [0.25, 0.3) is 0 Å². The topological polar surface area (TPSA) is 29.5 Å². The number of ether oxygens (including phenoxy) is 1. The van der Waals surface area contributed by atoms with Crippen LogP contribution in [0.25, 0.3) is 0 Å². The van der Waals surface area contributed by atoms with E-state index in [1.54, 1.807) is 17.6 Å². The first-order valence-electron chi connectivity index (χ1n) is 4.00. The zero-order valence-electron chi connectivity index (χ0n) is 6.87. The zero-order chi connectivity index (χ0) is 9.26. The maximum absolute atomic E-state index is 9.92. The predicted molar refractivity (Wildman–Crippen MR) is 55.6 cm³/mol. The van der Waals surface area contributed by atoms with Crippen LogP contribution in [0.4, 0.5) is 0 Å². The molecule has 70 valence electrons. The van der Waals surface area contributed by atoms with Crippen molar-refractivity contribution >= 4 is 27.3 Å². The minimum Gasteiger partial charge on any atom is -0.501 e. The van der Waals surface area contributed by atoms with E-state index in [0.717, 1.165) is 21.3 Å². The van der Waals surface area contributed by atoms with Gasteiger partial charge in [0, 0.05) is 16.5 Å². The molecular formula is C9H9BrO2S. The maximum Gasteiger partial charge on any atom is 0.114 e. The molecule has 2 rings (SSSR count). The van der Waals surface area contributed by atoms with Crippen molar-refractivity contribution in [1.82, 2.24) is 0 Å². The van der Waals surface area contributed by atoms with E-state index in [0.29, 0.717) is 6.61 Å². The van der Waals surface area contributed by atoms with Gasteiger partial charge in [0.05, 0.1) is 17.7 Å². The average Bonchev–Trinajstić information content (AvgIpc) is 2.72. The van der Waals surface area contributed by atoms with Crippen molar-refractivity contribution in [2.45, 2.75) is 12.5 Å². The van der Waals surface area contributed by atoms with E-state index < -0.39 is 6.10 Å². The van der Waals surface area contributed by atoms with Crippen molar-refractivity contribution in [2.75, 3.05) is 6.61 Å². The molecule has 4 heteroatoms. The summed E-state index contributed by atoms with van der Waals surface area (Å²) >= 11 is 4.95. The highest BCUT2D eigenvalue weighted by atomic mass is 79.9. The molecule has 0 saturated heterocycles. The van der Waals surface area contributed by atoms with Crippen molar-refractivity contribution in [3.8, 4) is 0 Å². The molecule has 0 radical (unpaired) electrons. The van der Waals surface area contributed by atoms with Crippen LogP contribution in [-0.4, -0.2) is 11.7 Å². The van der Waals surface area contributed by atoms with Gasteiger partial charge in [-0.05, 0) is 27.4 Å². The molecule has 0 amide bonds. The number of thiophene rings is 1. The first-order valence-corrected chi connectivity index (χ1v) is 5.68. The van der Waals surface area contributed by atoms with Gasteiger partial charge in [0.1, 0.15) is 6.10 Å². The van der Waals surface area contributed by atoms with Crippen LogP contribution in [0.2, 0.25) is 0 Å². The third kappa shape index (κ3) is 1.80. The smallest absolute Gasteiger partial charge is 0.114 e. The lowest BCUT2D eigenvalue weighted by molar-refractivity contribution is 0.216. The van der Waals surface area contributed by atoms with Crippen molar-refractivity contribution in [2.24, 2.45) is 0 Å². The van der Waals surface area contributed by atoms with Crippen LogP contribution in [-0.2, 0) is 4.74 Å². The fraction of sp³-hybridized carbons (Fsp3) is 0.333. The third-order valence-corrected chi connectivity index (χ3v) is 3.91. The Balaban J connectivity index is 2.21. The van der Waals surface area contributed by atoms with Crippen molar-refractivity contribution in [3.63, 3.8) is 0 Å². The Bertz CT molecular complexity index is 332. The number of hydrogen-bond donors (Lipinski definition) is 1. The fourth-order valence-electron chi connectivity index (χ4n) is 1.27. The zero-order valence-corrected chi connectivity index (χ0v) is 9.27. The summed E-state index contributed by atoms with van der Waals surface area (Å²) in [6, 6.07) is 1.94. The van der Waals surface area contributed by atoms with Gasteiger partial charge in [-0.3, -0.25) is 0 Å². The molecule has 13 heavy (non-hydrogen) atoms. The third-order valence-electron chi connectivity index (χ3n) is 1.99. The molecule has 1 unspecified atom stereocenters. The molecule has 2 heterocycles. The van der Waals surface area contributed by atoms with Gasteiger partial charge in [0.2, 0.25) is 0 Å². The summed E-state index contributed by atoms with van der Waals surface area (Å²) in [4.78, 5) is 0.955. The molecule has 1 atom stereocenters. The van der Waals surface area contributed by atoms with E-state index in [2.05, 4.69) is 15.9 Å². The van der Waals surface area contributed by atoms with Gasteiger partial charge in [-0.1, -0.05) is 0 Å². The van der Waals surface area contributed by atoms with Crippen LogP contribution in [0.3, 0.4) is 0 Å². The summed E-state index contributed by atoms with van der Waals surface area (Å²) in [5.74, 6) is 0. The van der Waals surface area contributed by atoms with Crippen LogP contribution in [0, 0.1) is 0 Å². The van der Waals surface area contributed by atoms with Gasteiger partial charge < -0.3 is 9.84 Å². The monoisotopic (exact) mass is 260 g/mol. The summed E-state index contributed by atoms with van der Waals surface area (Å²) in [6.07, 6.45) is 1.99. The van der Waals surface area contributed by atoms with Crippen molar-refractivity contribution < 1.29 is 9.84 Å². The molecule has 0 saturated carbocycles. The summed E-state index contributed by atoms with van der Waals surface area (Å²) in [7, 11) is 0. The highest BCUT2D eigenvalue weighted by Gasteiger charge is 2.20. The van der Waals surface area contributed by atoms with Crippen molar-refractivity contribution in [3.05, 3.63) is 32.6 Å². The molecule has 0 aromatic carbocycles. The van der Waals surface area contributed by atoms with Gasteiger partial charge >= 0.3 is 0 Å². The number of halogens is 1. The molecular weight excluding hydrogens is 252 g/mol. The van der Waals surface area contributed by atoms with Crippen LogP contribution >= 0.6 is 27.3 Å². The predicted octanol–water partition coefficient (Wildman–Crippen LogP) is 2.85. The first-order chi connectivity index (χ1) is 6.29. The highest BCUT2D eigenvalue weighted by molar-refractivity contribution is 9.10. The molecule has 0 bridgehead atoms. The maximum atomic E-state index is 9.92. The molecule has 0 fully saturated rings. The van der Waals surface area contributed by atoms with E-state index in [4.69, 9.17) is 4.74 Å². The molecule has 0 aliphatic carbocycles. The van der Waals surface area contributed by atoms with Crippen LogP contribution in [0.15, 0.2) is 27.8 Å². The molecule has 1 aromatic rings. The van der Waals surface area contributed by atoms with Crippen LogP contribution < -0.4 is 0 Å². The standard InChI is InChI=1S/C9H9BrO2S/c10-7-2-4-13-9(7)8(11)6-1-3-12-5-6/h2,4-5,8,11H,1,3H2. The normalized spacial score (nSPS) is 18.2. The lowest BCUT2D eigenvalue weighted by Gasteiger charge is -2.08. The Labute approximate surface area is 89.0 Å². The SMILES string of the molecule is OC(C1=COCC1)c1sccc1Br.